The highest BCUT2D eigenvalue weighted by Gasteiger charge is 2.38. The number of anilines is 1. The number of rotatable bonds is 6. The minimum Gasteiger partial charge on any atom is -0.395 e. The normalized spacial score (nSPS) is 17.8. The number of thiophene rings is 1. The van der Waals surface area contributed by atoms with Gasteiger partial charge in [0.05, 0.1) is 52.1 Å². The monoisotopic (exact) mass is 551 g/mol. The molecule has 1 aromatic carbocycles. The minimum atomic E-state index is -0.678. The van der Waals surface area contributed by atoms with Gasteiger partial charge in [-0.1, -0.05) is 12.1 Å². The maximum atomic E-state index is 13.9. The number of aromatic amines is 1. The van der Waals surface area contributed by atoms with E-state index in [0.717, 1.165) is 18.0 Å². The second-order valence-corrected chi connectivity index (χ2v) is 10.7. The fourth-order valence-corrected chi connectivity index (χ4v) is 6.41. The Hall–Kier alpha value is -3.62. The van der Waals surface area contributed by atoms with Crippen molar-refractivity contribution in [2.45, 2.75) is 0 Å². The molecular formula is C26H29N7O5S. The van der Waals surface area contributed by atoms with Crippen LogP contribution in [0.5, 0.6) is 0 Å². The van der Waals surface area contributed by atoms with E-state index in [9.17, 15) is 14.4 Å². The molecule has 0 bridgehead atoms. The Balaban J connectivity index is 1.28. The molecule has 0 unspecified atom stereocenters. The molecule has 12 nitrogen and oxygen atoms in total. The van der Waals surface area contributed by atoms with Gasteiger partial charge < -0.3 is 20.5 Å². The lowest BCUT2D eigenvalue weighted by atomic mass is 10.1. The molecule has 0 saturated carbocycles. The number of amides is 3. The van der Waals surface area contributed by atoms with E-state index in [1.807, 2.05) is 17.0 Å². The number of nitrogens with one attached hydrogen (secondary N) is 1. The van der Waals surface area contributed by atoms with Gasteiger partial charge in [0.2, 0.25) is 0 Å². The highest BCUT2D eigenvalue weighted by Crippen LogP contribution is 2.45. The van der Waals surface area contributed by atoms with E-state index in [4.69, 9.17) is 15.6 Å². The third-order valence-corrected chi connectivity index (χ3v) is 8.45. The molecule has 2 aromatic heterocycles. The van der Waals surface area contributed by atoms with Gasteiger partial charge in [-0.3, -0.25) is 19.6 Å². The summed E-state index contributed by atoms with van der Waals surface area (Å²) in [4.78, 5) is 44.8. The number of hydrogen-bond donors (Lipinski definition) is 3. The van der Waals surface area contributed by atoms with E-state index >= 15 is 0 Å². The number of ether oxygens (including phenoxy) is 1. The van der Waals surface area contributed by atoms with Crippen LogP contribution in [0.25, 0.3) is 21.8 Å². The zero-order valence-electron chi connectivity index (χ0n) is 21.3. The first-order valence-electron chi connectivity index (χ1n) is 12.9. The molecule has 2 fully saturated rings. The quantitative estimate of drug-likeness (QED) is 0.324. The molecule has 3 amide bonds. The average Bonchev–Trinajstić information content (AvgIpc) is 3.67. The minimum absolute atomic E-state index is 0.0504. The van der Waals surface area contributed by atoms with Crippen LogP contribution >= 0.6 is 11.3 Å². The van der Waals surface area contributed by atoms with Gasteiger partial charge in [-0.2, -0.15) is 5.10 Å². The van der Waals surface area contributed by atoms with Gasteiger partial charge in [0.1, 0.15) is 5.69 Å². The predicted octanol–water partition coefficient (Wildman–Crippen LogP) is 1.23. The maximum Gasteiger partial charge on any atom is 0.334 e. The van der Waals surface area contributed by atoms with Crippen molar-refractivity contribution in [2.24, 2.45) is 5.73 Å². The van der Waals surface area contributed by atoms with Gasteiger partial charge in [0, 0.05) is 51.4 Å². The fraction of sp³-hybridized carbons (Fsp3) is 0.385. The van der Waals surface area contributed by atoms with Crippen molar-refractivity contribution < 1.29 is 24.2 Å². The first kappa shape index (κ1) is 25.6. The lowest BCUT2D eigenvalue weighted by Gasteiger charge is -2.36. The van der Waals surface area contributed by atoms with Crippen molar-refractivity contribution in [1.82, 2.24) is 25.0 Å². The maximum absolute atomic E-state index is 13.9. The van der Waals surface area contributed by atoms with Crippen LogP contribution in [0.1, 0.15) is 25.6 Å². The summed E-state index contributed by atoms with van der Waals surface area (Å²) in [6, 6.07) is 8.24. The molecule has 4 heterocycles. The number of carbonyl (C=O) groups excluding carboxylic acids is 3. The SMILES string of the molecule is NC(=O)N(c1cccc2c1C(=O)c1c-2n[nH]c1-c1ccc(C(=O)N2CCN(CCO)CC2)s1)N1CCOCC1. The Morgan fingerprint density at radius 1 is 1.08 bits per heavy atom. The van der Waals surface area contributed by atoms with E-state index in [-0.39, 0.29) is 18.3 Å². The topological polar surface area (TPSA) is 148 Å². The van der Waals surface area contributed by atoms with Gasteiger partial charge in [0.25, 0.3) is 5.91 Å². The molecule has 39 heavy (non-hydrogen) atoms. The van der Waals surface area contributed by atoms with Gasteiger partial charge >= 0.3 is 6.03 Å². The molecule has 204 valence electrons. The van der Waals surface area contributed by atoms with Crippen molar-refractivity contribution in [2.75, 3.05) is 70.6 Å². The van der Waals surface area contributed by atoms with Crippen LogP contribution in [0.15, 0.2) is 30.3 Å². The number of H-pyrrole nitrogens is 1. The van der Waals surface area contributed by atoms with Crippen LogP contribution in [0, 0.1) is 0 Å². The largest absolute Gasteiger partial charge is 0.395 e. The van der Waals surface area contributed by atoms with E-state index in [2.05, 4.69) is 15.1 Å². The molecule has 0 atom stereocenters. The van der Waals surface area contributed by atoms with Crippen LogP contribution in [0.3, 0.4) is 0 Å². The molecule has 4 N–H and O–H groups in total. The van der Waals surface area contributed by atoms with Gasteiger partial charge in [0.15, 0.2) is 5.78 Å². The number of carbonyl (C=O) groups is 3. The lowest BCUT2D eigenvalue weighted by molar-refractivity contribution is 0.0364. The van der Waals surface area contributed by atoms with Gasteiger partial charge in [-0.05, 0) is 18.2 Å². The third-order valence-electron chi connectivity index (χ3n) is 7.36. The molecular weight excluding hydrogens is 522 g/mol. The summed E-state index contributed by atoms with van der Waals surface area (Å²) in [5.74, 6) is -0.300. The number of nitrogens with zero attached hydrogens (tertiary/aromatic N) is 5. The number of aliphatic hydroxyl groups is 1. The smallest absolute Gasteiger partial charge is 0.334 e. The number of aromatic nitrogens is 2. The number of nitrogens with two attached hydrogens (primary N) is 1. The van der Waals surface area contributed by atoms with Crippen molar-refractivity contribution in [3.8, 4) is 21.8 Å². The van der Waals surface area contributed by atoms with E-state index in [0.29, 0.717) is 84.6 Å². The van der Waals surface area contributed by atoms with E-state index in [1.165, 1.54) is 16.3 Å². The predicted molar refractivity (Wildman–Crippen MR) is 145 cm³/mol. The number of primary amides is 1. The highest BCUT2D eigenvalue weighted by atomic mass is 32.1. The van der Waals surface area contributed by atoms with Crippen molar-refractivity contribution in [3.63, 3.8) is 0 Å². The number of fused-ring (bicyclic) bond motifs is 3. The molecule has 2 aliphatic heterocycles. The summed E-state index contributed by atoms with van der Waals surface area (Å²) in [7, 11) is 0. The third kappa shape index (κ3) is 4.51. The van der Waals surface area contributed by atoms with Crippen molar-refractivity contribution in [1.29, 1.82) is 0 Å². The zero-order valence-corrected chi connectivity index (χ0v) is 22.1. The van der Waals surface area contributed by atoms with E-state index < -0.39 is 6.03 Å². The number of urea groups is 1. The van der Waals surface area contributed by atoms with Crippen LogP contribution in [-0.2, 0) is 4.74 Å². The standard InChI is InChI=1S/C26H29N7O5S/c27-26(37)33(32-11-14-38-15-12-32)17-3-1-2-16-20(17)24(35)21-22(16)28-29-23(21)18-4-5-19(39-18)25(36)31-8-6-30(7-9-31)10-13-34/h1-5,34H,6-15H2,(H2,27,37)(H,28,29). The summed E-state index contributed by atoms with van der Waals surface area (Å²) in [5.41, 5.74) is 8.68. The number of hydrogen-bond acceptors (Lipinski definition) is 9. The van der Waals surface area contributed by atoms with Crippen LogP contribution in [0.2, 0.25) is 0 Å². The molecule has 3 aliphatic rings. The molecule has 6 rings (SSSR count). The number of β-amino-alcohol motifs (C(OH)–C–C–N with tert-alkyl or cyclic N) is 1. The Morgan fingerprint density at radius 2 is 1.85 bits per heavy atom. The summed E-state index contributed by atoms with van der Waals surface area (Å²) < 4.78 is 5.42. The Bertz CT molecular complexity index is 1420. The molecule has 2 saturated heterocycles. The first-order valence-corrected chi connectivity index (χ1v) is 13.7. The number of piperazine rings is 1. The number of benzene rings is 1. The molecule has 3 aromatic rings. The second-order valence-electron chi connectivity index (χ2n) is 9.59. The number of hydrazine groups is 1. The summed E-state index contributed by atoms with van der Waals surface area (Å²) in [6.07, 6.45) is 0. The van der Waals surface area contributed by atoms with Gasteiger partial charge in [-0.15, -0.1) is 11.3 Å². The molecule has 0 spiro atoms. The van der Waals surface area contributed by atoms with Crippen molar-refractivity contribution in [3.05, 3.63) is 46.3 Å². The number of ketones is 1. The molecule has 13 heteroatoms. The highest BCUT2D eigenvalue weighted by molar-refractivity contribution is 7.17. The number of morpholine rings is 1. The first-order chi connectivity index (χ1) is 19.0. The Kier molecular flexibility index (Phi) is 6.91. The van der Waals surface area contributed by atoms with Crippen LogP contribution in [0.4, 0.5) is 10.5 Å². The van der Waals surface area contributed by atoms with E-state index in [1.54, 1.807) is 23.2 Å². The zero-order chi connectivity index (χ0) is 27.1. The lowest BCUT2D eigenvalue weighted by Crippen LogP contribution is -2.54. The summed E-state index contributed by atoms with van der Waals surface area (Å²) in [5, 5.41) is 19.8. The van der Waals surface area contributed by atoms with Gasteiger partial charge in [-0.25, -0.2) is 14.8 Å². The summed E-state index contributed by atoms with van der Waals surface area (Å²) in [6.45, 7) is 5.21. The van der Waals surface area contributed by atoms with Crippen LogP contribution in [-0.4, -0.2) is 113 Å². The fourth-order valence-electron chi connectivity index (χ4n) is 5.44. The second kappa shape index (κ2) is 10.5. The Labute approximate surface area is 228 Å². The molecule has 1 aliphatic carbocycles. The van der Waals surface area contributed by atoms with Crippen molar-refractivity contribution >= 4 is 34.7 Å². The number of aliphatic hydroxyl groups excluding tert-OH is 1. The summed E-state index contributed by atoms with van der Waals surface area (Å²) >= 11 is 1.31. The Morgan fingerprint density at radius 3 is 2.56 bits per heavy atom. The van der Waals surface area contributed by atoms with Crippen LogP contribution < -0.4 is 10.7 Å². The average molecular weight is 552 g/mol. The molecule has 0 radical (unpaired) electrons.